The molecule has 4 nitrogen and oxygen atoms in total. The zero-order valence-electron chi connectivity index (χ0n) is 16.8. The van der Waals surface area contributed by atoms with Gasteiger partial charge in [0, 0.05) is 11.1 Å². The summed E-state index contributed by atoms with van der Waals surface area (Å²) in [7, 11) is -2.43. The largest absolute Gasteiger partial charge is 0.497 e. The van der Waals surface area contributed by atoms with Gasteiger partial charge in [0.1, 0.15) is 10.6 Å². The molecule has 0 aliphatic rings. The lowest BCUT2D eigenvalue weighted by atomic mass is 9.99. The maximum absolute atomic E-state index is 13.0. The highest BCUT2D eigenvalue weighted by atomic mass is 32.2. The van der Waals surface area contributed by atoms with Crippen molar-refractivity contribution in [3.05, 3.63) is 95.6 Å². The van der Waals surface area contributed by atoms with Gasteiger partial charge in [-0.3, -0.25) is 0 Å². The minimum Gasteiger partial charge on any atom is -0.497 e. The molecule has 0 unspecified atom stereocenters. The Labute approximate surface area is 172 Å². The van der Waals surface area contributed by atoms with E-state index < -0.39 is 10.1 Å². The average molecular weight is 409 g/mol. The lowest BCUT2D eigenvalue weighted by Crippen LogP contribution is -2.08. The summed E-state index contributed by atoms with van der Waals surface area (Å²) in [6, 6.07) is 23.5. The van der Waals surface area contributed by atoms with Gasteiger partial charge in [-0.25, -0.2) is 0 Å². The van der Waals surface area contributed by atoms with Crippen molar-refractivity contribution in [1.82, 2.24) is 0 Å². The summed E-state index contributed by atoms with van der Waals surface area (Å²) in [6.07, 6.45) is 0.597. The Bertz CT molecular complexity index is 1100. The molecule has 0 heterocycles. The van der Waals surface area contributed by atoms with Crippen molar-refractivity contribution < 1.29 is 17.3 Å². The Balaban J connectivity index is 2.17. The average Bonchev–Trinajstić information content (AvgIpc) is 2.74. The Kier molecular flexibility index (Phi) is 6.39. The highest BCUT2D eigenvalue weighted by Crippen LogP contribution is 2.34. The first-order valence-electron chi connectivity index (χ1n) is 9.38. The highest BCUT2D eigenvalue weighted by molar-refractivity contribution is 7.87. The summed E-state index contributed by atoms with van der Waals surface area (Å²) >= 11 is 0. The van der Waals surface area contributed by atoms with Crippen LogP contribution in [-0.2, 0) is 14.3 Å². The maximum Gasteiger partial charge on any atom is 0.339 e. The number of allylic oxidation sites excluding steroid dienone is 1. The van der Waals surface area contributed by atoms with Gasteiger partial charge in [0.15, 0.2) is 5.76 Å². The van der Waals surface area contributed by atoms with E-state index in [0.29, 0.717) is 23.5 Å². The smallest absolute Gasteiger partial charge is 0.339 e. The first-order valence-corrected chi connectivity index (χ1v) is 10.8. The summed E-state index contributed by atoms with van der Waals surface area (Å²) in [5.41, 5.74) is 3.33. The van der Waals surface area contributed by atoms with Crippen LogP contribution in [0.3, 0.4) is 0 Å². The molecule has 0 fully saturated rings. The number of ether oxygens (including phenoxy) is 1. The minimum atomic E-state index is -4.01. The van der Waals surface area contributed by atoms with Crippen LogP contribution >= 0.6 is 0 Å². The van der Waals surface area contributed by atoms with E-state index in [1.807, 2.05) is 62.4 Å². The zero-order chi connectivity index (χ0) is 20.9. The van der Waals surface area contributed by atoms with E-state index in [1.54, 1.807) is 37.4 Å². The molecule has 0 bridgehead atoms. The van der Waals surface area contributed by atoms with E-state index in [1.165, 1.54) is 0 Å². The van der Waals surface area contributed by atoms with E-state index in [0.717, 1.165) is 16.7 Å². The molecule has 3 aromatic rings. The van der Waals surface area contributed by atoms with E-state index >= 15 is 0 Å². The lowest BCUT2D eigenvalue weighted by Gasteiger charge is -2.17. The first-order chi connectivity index (χ1) is 13.9. The van der Waals surface area contributed by atoms with E-state index in [-0.39, 0.29) is 4.90 Å². The van der Waals surface area contributed by atoms with Crippen LogP contribution in [-0.4, -0.2) is 15.5 Å². The van der Waals surface area contributed by atoms with Crippen molar-refractivity contribution in [2.24, 2.45) is 0 Å². The standard InChI is InChI=1S/C24H24O4S/c1-4-23(19-9-6-5-7-10-19)24(20-11-8-12-21(17-20)27-3)28-29(25,26)22-15-13-18(2)14-16-22/h5-17H,4H2,1-3H3/b24-23+. The zero-order valence-corrected chi connectivity index (χ0v) is 17.6. The van der Waals surface area contributed by atoms with Crippen LogP contribution in [0.1, 0.15) is 30.0 Å². The van der Waals surface area contributed by atoms with Crippen molar-refractivity contribution >= 4 is 21.5 Å². The molecule has 3 aromatic carbocycles. The van der Waals surface area contributed by atoms with Crippen molar-refractivity contribution in [2.45, 2.75) is 25.2 Å². The molecule has 0 aliphatic heterocycles. The fourth-order valence-electron chi connectivity index (χ4n) is 3.03. The van der Waals surface area contributed by atoms with E-state index in [2.05, 4.69) is 0 Å². The number of rotatable bonds is 7. The Morgan fingerprint density at radius 3 is 2.14 bits per heavy atom. The second-order valence-corrected chi connectivity index (χ2v) is 8.16. The van der Waals surface area contributed by atoms with Crippen LogP contribution in [0.4, 0.5) is 0 Å². The molecule has 29 heavy (non-hydrogen) atoms. The van der Waals surface area contributed by atoms with Crippen LogP contribution < -0.4 is 4.74 Å². The summed E-state index contributed by atoms with van der Waals surface area (Å²) in [5.74, 6) is 0.929. The molecule has 0 atom stereocenters. The van der Waals surface area contributed by atoms with Crippen LogP contribution in [0.5, 0.6) is 5.75 Å². The second-order valence-electron chi connectivity index (χ2n) is 6.61. The van der Waals surface area contributed by atoms with Gasteiger partial charge in [0.25, 0.3) is 0 Å². The number of hydrogen-bond acceptors (Lipinski definition) is 4. The molecule has 0 aromatic heterocycles. The van der Waals surface area contributed by atoms with Gasteiger partial charge in [-0.05, 0) is 43.2 Å². The Morgan fingerprint density at radius 2 is 1.52 bits per heavy atom. The van der Waals surface area contributed by atoms with Crippen molar-refractivity contribution in [3.63, 3.8) is 0 Å². The molecule has 150 valence electrons. The number of methoxy groups -OCH3 is 1. The van der Waals surface area contributed by atoms with Crippen LogP contribution in [0.2, 0.25) is 0 Å². The monoisotopic (exact) mass is 408 g/mol. The number of aryl methyl sites for hydroxylation is 1. The predicted molar refractivity (Wildman–Crippen MR) is 116 cm³/mol. The molecule has 0 amide bonds. The SMILES string of the molecule is CC/C(=C(\OS(=O)(=O)c1ccc(C)cc1)c1cccc(OC)c1)c1ccccc1. The normalized spacial score (nSPS) is 12.2. The van der Waals surface area contributed by atoms with Crippen LogP contribution in [0, 0.1) is 6.92 Å². The summed E-state index contributed by atoms with van der Waals surface area (Å²) in [5, 5.41) is 0. The topological polar surface area (TPSA) is 52.6 Å². The predicted octanol–water partition coefficient (Wildman–Crippen LogP) is 5.69. The summed E-state index contributed by atoms with van der Waals surface area (Å²) in [4.78, 5) is 0.118. The number of benzene rings is 3. The van der Waals surface area contributed by atoms with Gasteiger partial charge < -0.3 is 8.92 Å². The van der Waals surface area contributed by atoms with Gasteiger partial charge in [-0.15, -0.1) is 0 Å². The third-order valence-electron chi connectivity index (χ3n) is 4.58. The molecular weight excluding hydrogens is 384 g/mol. The fourth-order valence-corrected chi connectivity index (χ4v) is 4.02. The molecule has 0 N–H and O–H groups in total. The molecular formula is C24H24O4S. The van der Waals surface area contributed by atoms with Gasteiger partial charge >= 0.3 is 10.1 Å². The van der Waals surface area contributed by atoms with Gasteiger partial charge in [0.05, 0.1) is 7.11 Å². The minimum absolute atomic E-state index is 0.118. The fraction of sp³-hybridized carbons (Fsp3) is 0.167. The second kappa shape index (κ2) is 8.97. The Hall–Kier alpha value is -3.05. The molecule has 0 saturated heterocycles. The van der Waals surface area contributed by atoms with E-state index in [9.17, 15) is 8.42 Å². The van der Waals surface area contributed by atoms with Crippen LogP contribution in [0.25, 0.3) is 11.3 Å². The van der Waals surface area contributed by atoms with Crippen molar-refractivity contribution in [3.8, 4) is 5.75 Å². The molecule has 0 radical (unpaired) electrons. The summed E-state index contributed by atoms with van der Waals surface area (Å²) < 4.78 is 37.2. The third-order valence-corrected chi connectivity index (χ3v) is 5.82. The molecule has 3 rings (SSSR count). The third kappa shape index (κ3) is 4.87. The molecule has 0 saturated carbocycles. The van der Waals surface area contributed by atoms with Crippen molar-refractivity contribution in [2.75, 3.05) is 7.11 Å². The Morgan fingerprint density at radius 1 is 0.862 bits per heavy atom. The first kappa shape index (κ1) is 20.7. The lowest BCUT2D eigenvalue weighted by molar-refractivity contribution is 0.414. The summed E-state index contributed by atoms with van der Waals surface area (Å²) in [6.45, 7) is 3.88. The van der Waals surface area contributed by atoms with E-state index in [4.69, 9.17) is 8.92 Å². The van der Waals surface area contributed by atoms with Gasteiger partial charge in [0.2, 0.25) is 0 Å². The quantitative estimate of drug-likeness (QED) is 0.286. The van der Waals surface area contributed by atoms with Crippen LogP contribution in [0.15, 0.2) is 83.8 Å². The molecule has 5 heteroatoms. The highest BCUT2D eigenvalue weighted by Gasteiger charge is 2.22. The molecule has 0 aliphatic carbocycles. The van der Waals surface area contributed by atoms with Gasteiger partial charge in [-0.1, -0.05) is 67.1 Å². The number of hydrogen-bond donors (Lipinski definition) is 0. The van der Waals surface area contributed by atoms with Gasteiger partial charge in [-0.2, -0.15) is 8.42 Å². The maximum atomic E-state index is 13.0. The van der Waals surface area contributed by atoms with Crippen molar-refractivity contribution in [1.29, 1.82) is 0 Å². The molecule has 0 spiro atoms.